The van der Waals surface area contributed by atoms with Crippen molar-refractivity contribution in [3.8, 4) is 5.75 Å². The second-order valence-corrected chi connectivity index (χ2v) is 8.89. The van der Waals surface area contributed by atoms with Gasteiger partial charge in [-0.3, -0.25) is 0 Å². The van der Waals surface area contributed by atoms with Crippen molar-refractivity contribution in [2.75, 3.05) is 19.7 Å². The number of amides is 1. The molecule has 0 radical (unpaired) electrons. The van der Waals surface area contributed by atoms with E-state index in [1.54, 1.807) is 0 Å². The Morgan fingerprint density at radius 2 is 1.82 bits per heavy atom. The number of pyridine rings is 1. The maximum Gasteiger partial charge on any atom is 0.410 e. The number of fused-ring (bicyclic) bond motifs is 1. The molecule has 0 bridgehead atoms. The van der Waals surface area contributed by atoms with Crippen LogP contribution in [0.3, 0.4) is 0 Å². The average molecular weight is 459 g/mol. The van der Waals surface area contributed by atoms with E-state index in [1.165, 1.54) is 0 Å². The zero-order chi connectivity index (χ0) is 23.8. The van der Waals surface area contributed by atoms with Crippen LogP contribution < -0.4 is 4.74 Å². The first-order chi connectivity index (χ1) is 16.7. The van der Waals surface area contributed by atoms with Gasteiger partial charge in [0.05, 0.1) is 17.8 Å². The minimum Gasteiger partial charge on any atom is -0.493 e. The third-order valence-electron chi connectivity index (χ3n) is 6.39. The van der Waals surface area contributed by atoms with Crippen molar-refractivity contribution < 1.29 is 14.3 Å². The van der Waals surface area contributed by atoms with Crippen molar-refractivity contribution in [1.29, 1.82) is 0 Å². The molecule has 5 nitrogen and oxygen atoms in total. The third-order valence-corrected chi connectivity index (χ3v) is 6.39. The van der Waals surface area contributed by atoms with Gasteiger partial charge >= 0.3 is 6.09 Å². The normalized spacial score (nSPS) is 14.6. The molecule has 0 saturated carbocycles. The van der Waals surface area contributed by atoms with E-state index in [2.05, 4.69) is 32.1 Å². The summed E-state index contributed by atoms with van der Waals surface area (Å²) in [5.74, 6) is 1.35. The van der Waals surface area contributed by atoms with Crippen molar-refractivity contribution in [3.63, 3.8) is 0 Å². The first kappa shape index (κ1) is 23.8. The van der Waals surface area contributed by atoms with E-state index < -0.39 is 0 Å². The molecule has 0 aliphatic carbocycles. The fourth-order valence-electron chi connectivity index (χ4n) is 4.27. The van der Waals surface area contributed by atoms with E-state index in [0.29, 0.717) is 32.2 Å². The Kier molecular flexibility index (Phi) is 8.18. The maximum absolute atomic E-state index is 12.4. The second kappa shape index (κ2) is 11.7. The van der Waals surface area contributed by atoms with Gasteiger partial charge in [-0.05, 0) is 55.9 Å². The molecule has 3 aromatic rings. The molecule has 178 valence electrons. The number of carbonyl (C=O) groups is 1. The third kappa shape index (κ3) is 5.96. The highest BCUT2D eigenvalue weighted by molar-refractivity contribution is 5.88. The fraction of sp³-hybridized carbons (Fsp3) is 0.379. The van der Waals surface area contributed by atoms with Gasteiger partial charge in [0.1, 0.15) is 12.4 Å². The number of nitrogens with zero attached hydrogens (tertiary/aromatic N) is 2. The average Bonchev–Trinajstić information content (AvgIpc) is 2.88. The number of hydrogen-bond acceptors (Lipinski definition) is 4. The lowest BCUT2D eigenvalue weighted by Gasteiger charge is -2.30. The molecule has 4 rings (SSSR count). The van der Waals surface area contributed by atoms with E-state index in [1.807, 2.05) is 53.4 Å². The summed E-state index contributed by atoms with van der Waals surface area (Å²) in [5, 5.41) is 1.07. The van der Waals surface area contributed by atoms with Crippen LogP contribution in [0, 0.1) is 12.8 Å². The number of ether oxygens (including phenoxy) is 2. The van der Waals surface area contributed by atoms with Gasteiger partial charge in [-0.15, -0.1) is 0 Å². The monoisotopic (exact) mass is 458 g/mol. The number of rotatable bonds is 8. The van der Waals surface area contributed by atoms with Gasteiger partial charge in [-0.25, -0.2) is 9.78 Å². The van der Waals surface area contributed by atoms with Crippen molar-refractivity contribution in [3.05, 3.63) is 77.5 Å². The van der Waals surface area contributed by atoms with E-state index in [-0.39, 0.29) is 6.09 Å². The molecule has 1 saturated heterocycles. The summed E-state index contributed by atoms with van der Waals surface area (Å²) >= 11 is 0. The van der Waals surface area contributed by atoms with Gasteiger partial charge in [0.25, 0.3) is 0 Å². The minimum atomic E-state index is -0.229. The van der Waals surface area contributed by atoms with Gasteiger partial charge in [-0.1, -0.05) is 61.9 Å². The molecular formula is C29H34N2O3. The summed E-state index contributed by atoms with van der Waals surface area (Å²) < 4.78 is 11.7. The van der Waals surface area contributed by atoms with Crippen molar-refractivity contribution in [2.24, 2.45) is 5.92 Å². The van der Waals surface area contributed by atoms with Crippen LogP contribution in [0.15, 0.2) is 60.7 Å². The summed E-state index contributed by atoms with van der Waals surface area (Å²) in [7, 11) is 0. The molecule has 1 aliphatic heterocycles. The first-order valence-electron chi connectivity index (χ1n) is 12.3. The number of unbranched alkanes of at least 4 members (excludes halogenated alkanes) is 1. The maximum atomic E-state index is 12.4. The van der Waals surface area contributed by atoms with Crippen LogP contribution in [0.1, 0.15) is 49.4 Å². The molecule has 0 atom stereocenters. The minimum absolute atomic E-state index is 0.229. The number of aromatic nitrogens is 1. The Bertz CT molecular complexity index is 1120. The molecule has 1 aliphatic rings. The SMILES string of the molecule is CCCCOc1c(C)c(/C=C/C2CCN(C(=O)OCc3ccccc3)CC2)nc2ccccc12. The molecule has 2 aromatic carbocycles. The van der Waals surface area contributed by atoms with Gasteiger partial charge in [-0.2, -0.15) is 0 Å². The Morgan fingerprint density at radius 1 is 1.09 bits per heavy atom. The lowest BCUT2D eigenvalue weighted by Crippen LogP contribution is -2.38. The number of likely N-dealkylation sites (tertiary alicyclic amines) is 1. The summed E-state index contributed by atoms with van der Waals surface area (Å²) in [6, 6.07) is 18.0. The smallest absolute Gasteiger partial charge is 0.410 e. The number of carbonyl (C=O) groups excluding carboxylic acids is 1. The standard InChI is InChI=1S/C29H34N2O3/c1-3-4-20-33-28-22(2)26(30-27-13-9-8-12-25(27)28)15-14-23-16-18-31(19-17-23)29(32)34-21-24-10-6-5-7-11-24/h5-15,23H,3-4,16-21H2,1-2H3/b15-14+. The molecule has 2 heterocycles. The molecule has 0 unspecified atom stereocenters. The molecule has 34 heavy (non-hydrogen) atoms. The fourth-order valence-corrected chi connectivity index (χ4v) is 4.27. The number of benzene rings is 2. The highest BCUT2D eigenvalue weighted by Gasteiger charge is 2.22. The molecule has 0 N–H and O–H groups in total. The quantitative estimate of drug-likeness (QED) is 0.349. The van der Waals surface area contributed by atoms with Crippen LogP contribution >= 0.6 is 0 Å². The van der Waals surface area contributed by atoms with E-state index in [9.17, 15) is 4.79 Å². The van der Waals surface area contributed by atoms with E-state index >= 15 is 0 Å². The van der Waals surface area contributed by atoms with Crippen molar-refractivity contribution >= 4 is 23.1 Å². The number of piperidine rings is 1. The lowest BCUT2D eigenvalue weighted by atomic mass is 9.96. The molecule has 0 spiro atoms. The zero-order valence-corrected chi connectivity index (χ0v) is 20.2. The topological polar surface area (TPSA) is 51.7 Å². The lowest BCUT2D eigenvalue weighted by molar-refractivity contribution is 0.0855. The van der Waals surface area contributed by atoms with Gasteiger partial charge in [0.15, 0.2) is 0 Å². The predicted molar refractivity (Wildman–Crippen MR) is 137 cm³/mol. The zero-order valence-electron chi connectivity index (χ0n) is 20.2. The Hall–Kier alpha value is -3.34. The van der Waals surface area contributed by atoms with Crippen LogP contribution in [0.4, 0.5) is 4.79 Å². The molecule has 5 heteroatoms. The van der Waals surface area contributed by atoms with E-state index in [4.69, 9.17) is 14.5 Å². The largest absolute Gasteiger partial charge is 0.493 e. The molecular weight excluding hydrogens is 424 g/mol. The number of allylic oxidation sites excluding steroid dienone is 1. The van der Waals surface area contributed by atoms with Crippen LogP contribution in [-0.2, 0) is 11.3 Å². The molecule has 1 fully saturated rings. The Morgan fingerprint density at radius 3 is 2.59 bits per heavy atom. The summed E-state index contributed by atoms with van der Waals surface area (Å²) in [5.41, 5.74) is 3.99. The Balaban J connectivity index is 1.37. The van der Waals surface area contributed by atoms with Gasteiger partial charge in [0.2, 0.25) is 0 Å². The second-order valence-electron chi connectivity index (χ2n) is 8.89. The summed E-state index contributed by atoms with van der Waals surface area (Å²) in [4.78, 5) is 19.1. The van der Waals surface area contributed by atoms with Crippen LogP contribution in [0.2, 0.25) is 0 Å². The van der Waals surface area contributed by atoms with Gasteiger partial charge < -0.3 is 14.4 Å². The van der Waals surface area contributed by atoms with Crippen LogP contribution in [0.25, 0.3) is 17.0 Å². The van der Waals surface area contributed by atoms with E-state index in [0.717, 1.165) is 59.2 Å². The van der Waals surface area contributed by atoms with Crippen molar-refractivity contribution in [2.45, 2.75) is 46.1 Å². The summed E-state index contributed by atoms with van der Waals surface area (Å²) in [6.07, 6.45) is 8.12. The highest BCUT2D eigenvalue weighted by atomic mass is 16.6. The highest BCUT2D eigenvalue weighted by Crippen LogP contribution is 2.32. The number of para-hydroxylation sites is 1. The Labute approximate surface area is 202 Å². The molecule has 1 amide bonds. The van der Waals surface area contributed by atoms with Crippen LogP contribution in [0.5, 0.6) is 5.75 Å². The number of hydrogen-bond donors (Lipinski definition) is 0. The molecule has 1 aromatic heterocycles. The predicted octanol–water partition coefficient (Wildman–Crippen LogP) is 6.78. The van der Waals surface area contributed by atoms with Crippen molar-refractivity contribution in [1.82, 2.24) is 9.88 Å². The van der Waals surface area contributed by atoms with Gasteiger partial charge in [0, 0.05) is 24.0 Å². The first-order valence-corrected chi connectivity index (χ1v) is 12.3. The summed E-state index contributed by atoms with van der Waals surface area (Å²) in [6.45, 7) is 6.70. The van der Waals surface area contributed by atoms with Crippen LogP contribution in [-0.4, -0.2) is 35.7 Å².